The van der Waals surface area contributed by atoms with Crippen LogP contribution in [0.15, 0.2) is 60.8 Å². The summed E-state index contributed by atoms with van der Waals surface area (Å²) in [6, 6.07) is 9.93. The van der Waals surface area contributed by atoms with E-state index >= 15 is 0 Å². The number of rotatable bonds is 16. The van der Waals surface area contributed by atoms with Crippen LogP contribution < -0.4 is 25.6 Å². The van der Waals surface area contributed by atoms with Crippen LogP contribution in [0.2, 0.25) is 10.0 Å². The van der Waals surface area contributed by atoms with E-state index in [2.05, 4.69) is 20.9 Å². The Hall–Kier alpha value is -5.48. The topological polar surface area (TPSA) is 219 Å². The molecule has 3 rings (SSSR count). The van der Waals surface area contributed by atoms with Crippen LogP contribution in [0.25, 0.3) is 0 Å². The fourth-order valence-electron chi connectivity index (χ4n) is 4.76. The summed E-state index contributed by atoms with van der Waals surface area (Å²) < 4.78 is 10.7. The van der Waals surface area contributed by atoms with Gasteiger partial charge in [-0.3, -0.25) is 29.4 Å². The van der Waals surface area contributed by atoms with Crippen molar-refractivity contribution >= 4 is 64.7 Å². The second-order valence-corrected chi connectivity index (χ2v) is 13.7. The number of carbonyl (C=O) groups is 5. The van der Waals surface area contributed by atoms with E-state index in [9.17, 15) is 39.2 Å². The molecular weight excluding hydrogens is 735 g/mol. The number of carbonyl (C=O) groups excluding carboxylic acids is 4. The average molecular weight is 776 g/mol. The third-order valence-electron chi connectivity index (χ3n) is 7.17. The number of aliphatic carboxylic acids is 1. The summed E-state index contributed by atoms with van der Waals surface area (Å²) in [6.07, 6.45) is -0.134. The summed E-state index contributed by atoms with van der Waals surface area (Å²) in [5, 5.41) is 28.4. The maximum atomic E-state index is 13.6. The van der Waals surface area contributed by atoms with Gasteiger partial charge < -0.3 is 30.5 Å². The van der Waals surface area contributed by atoms with Crippen molar-refractivity contribution in [2.45, 2.75) is 71.1 Å². The van der Waals surface area contributed by atoms with Crippen LogP contribution in [-0.4, -0.2) is 69.7 Å². The fourth-order valence-corrected chi connectivity index (χ4v) is 5.30. The molecule has 53 heavy (non-hydrogen) atoms. The van der Waals surface area contributed by atoms with E-state index in [0.29, 0.717) is 12.2 Å². The zero-order valence-corrected chi connectivity index (χ0v) is 30.9. The number of carboxylic acids is 1. The fraction of sp³-hybridized carbons (Fsp3) is 0.371. The highest BCUT2D eigenvalue weighted by Crippen LogP contribution is 2.26. The van der Waals surface area contributed by atoms with E-state index in [-0.39, 0.29) is 46.4 Å². The van der Waals surface area contributed by atoms with Crippen molar-refractivity contribution in [1.82, 2.24) is 20.9 Å². The molecule has 2 aromatic carbocycles. The monoisotopic (exact) mass is 774 g/mol. The number of aromatic nitrogens is 1. The van der Waals surface area contributed by atoms with Crippen LogP contribution in [0, 0.1) is 17.0 Å². The van der Waals surface area contributed by atoms with E-state index in [1.807, 2.05) is 6.92 Å². The quantitative estimate of drug-likeness (QED) is 0.0738. The first-order valence-electron chi connectivity index (χ1n) is 16.3. The third kappa shape index (κ3) is 14.6. The molecule has 4 amide bonds. The smallest absolute Gasteiger partial charge is 0.416 e. The maximum absolute atomic E-state index is 13.6. The van der Waals surface area contributed by atoms with Crippen LogP contribution in [0.4, 0.5) is 21.1 Å². The van der Waals surface area contributed by atoms with Gasteiger partial charge in [-0.25, -0.2) is 14.6 Å². The van der Waals surface area contributed by atoms with Crippen LogP contribution in [0.1, 0.15) is 63.6 Å². The molecule has 0 saturated carbocycles. The zero-order valence-electron chi connectivity index (χ0n) is 29.4. The average Bonchev–Trinajstić information content (AvgIpc) is 3.05. The molecule has 0 fully saturated rings. The van der Waals surface area contributed by atoms with Crippen LogP contribution in [-0.2, 0) is 19.1 Å². The SMILES string of the molecule is Cc1ccnc(N(CCCCC(=O)NC(CNC(=O)Oc2ccc([N+](=O)[O-])cc2)C(=O)N[C@@H](CC(=O)O)c2cc(Cl)cc(Cl)c2)C(=O)OC(C)(C)C)c1. The Morgan fingerprint density at radius 2 is 1.64 bits per heavy atom. The molecule has 1 aromatic heterocycles. The van der Waals surface area contributed by atoms with Crippen LogP contribution >= 0.6 is 23.2 Å². The number of hydrogen-bond donors (Lipinski definition) is 4. The Morgan fingerprint density at radius 3 is 2.23 bits per heavy atom. The van der Waals surface area contributed by atoms with Crippen molar-refractivity contribution in [3.05, 3.63) is 92.1 Å². The van der Waals surface area contributed by atoms with Gasteiger partial charge in [-0.1, -0.05) is 23.2 Å². The number of non-ortho nitro benzene ring substituents is 1. The van der Waals surface area contributed by atoms with Gasteiger partial charge in [-0.2, -0.15) is 0 Å². The Kier molecular flexibility index (Phi) is 15.3. The number of benzene rings is 2. The third-order valence-corrected chi connectivity index (χ3v) is 7.61. The second kappa shape index (κ2) is 19.4. The highest BCUT2D eigenvalue weighted by atomic mass is 35.5. The highest BCUT2D eigenvalue weighted by molar-refractivity contribution is 6.34. The van der Waals surface area contributed by atoms with Crippen molar-refractivity contribution in [3.63, 3.8) is 0 Å². The van der Waals surface area contributed by atoms with Crippen molar-refractivity contribution in [2.24, 2.45) is 0 Å². The molecule has 0 aliphatic rings. The number of amides is 4. The minimum Gasteiger partial charge on any atom is -0.481 e. The number of halogens is 2. The number of unbranched alkanes of at least 4 members (excludes halogenated alkanes) is 1. The van der Waals surface area contributed by atoms with Crippen molar-refractivity contribution in [2.75, 3.05) is 18.0 Å². The van der Waals surface area contributed by atoms with Gasteiger partial charge in [0.25, 0.3) is 5.69 Å². The largest absolute Gasteiger partial charge is 0.481 e. The number of aryl methyl sites for hydroxylation is 1. The number of hydrogen-bond acceptors (Lipinski definition) is 10. The van der Waals surface area contributed by atoms with E-state index in [1.54, 1.807) is 39.1 Å². The lowest BCUT2D eigenvalue weighted by Gasteiger charge is -2.27. The molecule has 0 radical (unpaired) electrons. The first-order chi connectivity index (χ1) is 24.9. The normalized spacial score (nSPS) is 12.1. The Labute approximate surface area is 315 Å². The molecule has 284 valence electrons. The summed E-state index contributed by atoms with van der Waals surface area (Å²) in [5.74, 6) is -2.34. The summed E-state index contributed by atoms with van der Waals surface area (Å²) in [4.78, 5) is 80.0. The Balaban J connectivity index is 1.72. The lowest BCUT2D eigenvalue weighted by Crippen LogP contribution is -2.53. The van der Waals surface area contributed by atoms with Gasteiger partial charge >= 0.3 is 18.2 Å². The van der Waals surface area contributed by atoms with Gasteiger partial charge in [-0.05, 0) is 94.1 Å². The molecule has 0 bridgehead atoms. The summed E-state index contributed by atoms with van der Waals surface area (Å²) in [5.41, 5.74) is 0.172. The number of carboxylic acid groups (broad SMARTS) is 1. The van der Waals surface area contributed by atoms with Gasteiger partial charge in [0.15, 0.2) is 0 Å². The van der Waals surface area contributed by atoms with Crippen LogP contribution in [0.3, 0.4) is 0 Å². The Morgan fingerprint density at radius 1 is 0.981 bits per heavy atom. The molecule has 0 saturated heterocycles. The summed E-state index contributed by atoms with van der Waals surface area (Å²) in [6.45, 7) is 6.74. The summed E-state index contributed by atoms with van der Waals surface area (Å²) >= 11 is 12.2. The highest BCUT2D eigenvalue weighted by Gasteiger charge is 2.28. The Bertz CT molecular complexity index is 1780. The molecule has 18 heteroatoms. The predicted octanol–water partition coefficient (Wildman–Crippen LogP) is 6.12. The molecule has 1 heterocycles. The standard InChI is InChI=1S/C35H40Cl2N6O10/c1-21-12-13-38-29(15-21)42(34(49)53-35(2,3)4)14-6-5-7-30(44)40-28(20-39-33(48)52-26-10-8-25(9-11-26)43(50)51)32(47)41-27(19-31(45)46)22-16-23(36)18-24(37)17-22/h8-13,15-18,27-28H,5-7,14,19-20H2,1-4H3,(H,39,48)(H,40,44)(H,41,47)(H,45,46)/t27-,28?/m0/s1. The minimum atomic E-state index is -1.42. The van der Waals surface area contributed by atoms with E-state index in [4.69, 9.17) is 32.7 Å². The first kappa shape index (κ1) is 41.9. The maximum Gasteiger partial charge on any atom is 0.416 e. The lowest BCUT2D eigenvalue weighted by atomic mass is 10.0. The molecule has 0 spiro atoms. The van der Waals surface area contributed by atoms with Crippen molar-refractivity contribution < 1.29 is 43.5 Å². The van der Waals surface area contributed by atoms with Gasteiger partial charge in [0.1, 0.15) is 23.2 Å². The number of nitrogens with one attached hydrogen (secondary N) is 3. The number of nitro groups is 1. The number of ether oxygens (including phenoxy) is 2. The van der Waals surface area contributed by atoms with Crippen molar-refractivity contribution in [1.29, 1.82) is 0 Å². The number of nitrogens with zero attached hydrogens (tertiary/aromatic N) is 3. The molecule has 3 aromatic rings. The number of pyridine rings is 1. The second-order valence-electron chi connectivity index (χ2n) is 12.8. The van der Waals surface area contributed by atoms with Gasteiger partial charge in [0, 0.05) is 41.3 Å². The first-order valence-corrected chi connectivity index (χ1v) is 17.1. The molecule has 0 aliphatic heterocycles. The minimum absolute atomic E-state index is 0.0289. The molecule has 16 nitrogen and oxygen atoms in total. The molecular formula is C35H40Cl2N6O10. The molecule has 1 unspecified atom stereocenters. The molecule has 4 N–H and O–H groups in total. The molecule has 0 aliphatic carbocycles. The van der Waals surface area contributed by atoms with Crippen molar-refractivity contribution in [3.8, 4) is 5.75 Å². The van der Waals surface area contributed by atoms with E-state index in [1.165, 1.54) is 35.2 Å². The number of nitro benzene ring substituents is 1. The van der Waals surface area contributed by atoms with Gasteiger partial charge in [0.05, 0.1) is 23.9 Å². The lowest BCUT2D eigenvalue weighted by molar-refractivity contribution is -0.384. The zero-order chi connectivity index (χ0) is 39.3. The van der Waals surface area contributed by atoms with Gasteiger partial charge in [-0.15, -0.1) is 0 Å². The van der Waals surface area contributed by atoms with Crippen LogP contribution in [0.5, 0.6) is 5.75 Å². The predicted molar refractivity (Wildman–Crippen MR) is 195 cm³/mol. The molecule has 2 atom stereocenters. The number of anilines is 1. The summed E-state index contributed by atoms with van der Waals surface area (Å²) in [7, 11) is 0. The van der Waals surface area contributed by atoms with E-state index < -0.39 is 65.5 Å². The van der Waals surface area contributed by atoms with E-state index in [0.717, 1.165) is 17.7 Å². The van der Waals surface area contributed by atoms with Gasteiger partial charge in [0.2, 0.25) is 11.8 Å².